The molecule has 43 heavy (non-hydrogen) atoms. The second-order valence-electron chi connectivity index (χ2n) is 8.22. The van der Waals surface area contributed by atoms with Gasteiger partial charge in [-0.3, -0.25) is 40.5 Å². The minimum absolute atomic E-state index is 0.0140. The van der Waals surface area contributed by atoms with Gasteiger partial charge < -0.3 is 13.8 Å². The van der Waals surface area contributed by atoms with Crippen LogP contribution in [0.3, 0.4) is 0 Å². The molecule has 0 radical (unpaired) electrons. The van der Waals surface area contributed by atoms with Gasteiger partial charge in [-0.05, 0) is 48.5 Å². The van der Waals surface area contributed by atoms with Gasteiger partial charge in [-0.2, -0.15) is 0 Å². The number of rotatable bonds is 11. The van der Waals surface area contributed by atoms with Crippen molar-refractivity contribution in [3.8, 4) is 17.2 Å². The van der Waals surface area contributed by atoms with Crippen LogP contribution >= 0.6 is 7.75 Å². The Morgan fingerprint density at radius 3 is 1.14 bits per heavy atom. The van der Waals surface area contributed by atoms with E-state index in [1.54, 1.807) is 0 Å². The molecule has 0 saturated carbocycles. The van der Waals surface area contributed by atoms with E-state index >= 15 is 0 Å². The van der Waals surface area contributed by atoms with E-state index in [1.807, 2.05) is 0 Å². The maximum absolute atomic E-state index is 14.1. The summed E-state index contributed by atoms with van der Waals surface area (Å²) in [5.74, 6) is -0.841. The van der Waals surface area contributed by atoms with Crippen LogP contribution < -0.4 is 13.8 Å². The average Bonchev–Trinajstić information content (AvgIpc) is 2.97. The minimum Gasteiger partial charge on any atom is -0.438 e. The van der Waals surface area contributed by atoms with Crippen LogP contribution in [-0.2, 0) is 4.57 Å². The number of ether oxygens (including phenoxy) is 1. The second kappa shape index (κ2) is 12.5. The molecule has 18 heteroatoms. The maximum Gasteiger partial charge on any atom is 0.566 e. The zero-order chi connectivity index (χ0) is 31.1. The molecule has 0 N–H and O–H groups in total. The lowest BCUT2D eigenvalue weighted by Crippen LogP contribution is -2.13. The van der Waals surface area contributed by atoms with Gasteiger partial charge in [0.25, 0.3) is 22.7 Å². The van der Waals surface area contributed by atoms with Crippen LogP contribution in [0.15, 0.2) is 102 Å². The molecule has 0 heterocycles. The number of hydrogen-bond acceptors (Lipinski definition) is 12. The number of hydrogen-bond donors (Lipinski definition) is 0. The largest absolute Gasteiger partial charge is 0.566 e. The molecule has 0 spiro atoms. The molecule has 218 valence electrons. The van der Waals surface area contributed by atoms with E-state index in [4.69, 9.17) is 13.8 Å². The van der Waals surface area contributed by atoms with E-state index < -0.39 is 33.3 Å². The highest BCUT2D eigenvalue weighted by Crippen LogP contribution is 2.51. The predicted molar refractivity (Wildman–Crippen MR) is 148 cm³/mol. The minimum atomic E-state index is -4.77. The van der Waals surface area contributed by atoms with Gasteiger partial charge in [0.15, 0.2) is 0 Å². The Bertz CT molecular complexity index is 1700. The van der Waals surface area contributed by atoms with Crippen molar-refractivity contribution in [2.45, 2.75) is 0 Å². The van der Waals surface area contributed by atoms with Gasteiger partial charge in [-0.1, -0.05) is 0 Å². The Morgan fingerprint density at radius 1 is 0.512 bits per heavy atom. The zero-order valence-corrected chi connectivity index (χ0v) is 22.2. The van der Waals surface area contributed by atoms with Crippen LogP contribution in [0.4, 0.5) is 22.7 Å². The molecule has 4 aromatic rings. The summed E-state index contributed by atoms with van der Waals surface area (Å²) in [7, 11) is -4.77. The van der Waals surface area contributed by atoms with E-state index in [2.05, 4.69) is 4.76 Å². The summed E-state index contributed by atoms with van der Waals surface area (Å²) in [5, 5.41) is 44.3. The number of benzene rings is 4. The SMILES string of the molecule is O=[N+]([O-])c1ccc(OC(=NP(=O)(Oc2ccc([N+](=O)[O-])cc2)Oc2ccc([N+](=O)[O-])cc2)c2ccc([N+](=O)[O-])cc2)cc1. The molecule has 0 unspecified atom stereocenters. The van der Waals surface area contributed by atoms with Crippen molar-refractivity contribution >= 4 is 36.4 Å². The molecule has 0 aliphatic carbocycles. The predicted octanol–water partition coefficient (Wildman–Crippen LogP) is 6.41. The molecule has 0 bridgehead atoms. The van der Waals surface area contributed by atoms with Crippen molar-refractivity contribution in [3.05, 3.63) is 143 Å². The molecule has 0 saturated heterocycles. The second-order valence-corrected chi connectivity index (χ2v) is 9.72. The molecule has 4 aromatic carbocycles. The lowest BCUT2D eigenvalue weighted by Gasteiger charge is -2.17. The normalized spacial score (nSPS) is 11.3. The highest BCUT2D eigenvalue weighted by molar-refractivity contribution is 7.53. The number of non-ortho nitro benzene ring substituents is 4. The fourth-order valence-corrected chi connectivity index (χ4v) is 4.58. The van der Waals surface area contributed by atoms with Crippen molar-refractivity contribution in [2.24, 2.45) is 4.76 Å². The smallest absolute Gasteiger partial charge is 0.438 e. The molecule has 0 amide bonds. The zero-order valence-electron chi connectivity index (χ0n) is 21.3. The average molecular weight is 609 g/mol. The third kappa shape index (κ3) is 7.71. The first kappa shape index (κ1) is 29.8. The summed E-state index contributed by atoms with van der Waals surface area (Å²) in [5.41, 5.74) is -1.09. The van der Waals surface area contributed by atoms with Crippen LogP contribution in [0.1, 0.15) is 5.56 Å². The standard InChI is InChI=1S/C25H16N5O12P/c31-27(32)18-3-1-17(2-4-18)25(40-22-11-5-19(6-12-22)28(33)34)26-43(39,41-23-13-7-20(8-14-23)29(35)36)42-24-15-9-21(10-16-24)30(37)38/h1-16H. The van der Waals surface area contributed by atoms with Crippen LogP contribution in [0.2, 0.25) is 0 Å². The first-order valence-corrected chi connectivity index (χ1v) is 13.2. The van der Waals surface area contributed by atoms with Crippen LogP contribution in [-0.4, -0.2) is 25.6 Å². The van der Waals surface area contributed by atoms with Crippen molar-refractivity contribution in [1.29, 1.82) is 0 Å². The van der Waals surface area contributed by atoms with E-state index in [1.165, 1.54) is 24.3 Å². The van der Waals surface area contributed by atoms with Crippen LogP contribution in [0, 0.1) is 40.5 Å². The van der Waals surface area contributed by atoms with Crippen molar-refractivity contribution < 1.29 is 38.0 Å². The molecule has 0 aliphatic rings. The topological polar surface area (TPSA) is 230 Å². The van der Waals surface area contributed by atoms with Gasteiger partial charge in [-0.15, -0.1) is 4.76 Å². The van der Waals surface area contributed by atoms with E-state index in [-0.39, 0.29) is 45.6 Å². The number of nitro groups is 4. The molecule has 17 nitrogen and oxygen atoms in total. The summed E-state index contributed by atoms with van der Waals surface area (Å²) in [6.45, 7) is 0. The first-order valence-electron chi connectivity index (χ1n) is 11.7. The Hall–Kier alpha value is -6.22. The Morgan fingerprint density at radius 2 is 0.814 bits per heavy atom. The summed E-state index contributed by atoms with van der Waals surface area (Å²) >= 11 is 0. The van der Waals surface area contributed by atoms with Gasteiger partial charge in [-0.25, -0.2) is 4.57 Å². The van der Waals surface area contributed by atoms with Gasteiger partial charge in [0.05, 0.1) is 19.7 Å². The molecule has 0 fully saturated rings. The quantitative estimate of drug-likeness (QED) is 0.0590. The van der Waals surface area contributed by atoms with Gasteiger partial charge in [0, 0.05) is 54.1 Å². The van der Waals surface area contributed by atoms with Crippen LogP contribution in [0.25, 0.3) is 0 Å². The molecule has 0 aliphatic heterocycles. The van der Waals surface area contributed by atoms with Crippen LogP contribution in [0.5, 0.6) is 17.2 Å². The van der Waals surface area contributed by atoms with Crippen molar-refractivity contribution in [2.75, 3.05) is 0 Å². The van der Waals surface area contributed by atoms with Gasteiger partial charge in [0.2, 0.25) is 5.90 Å². The van der Waals surface area contributed by atoms with Gasteiger partial charge in [0.1, 0.15) is 17.2 Å². The fourth-order valence-electron chi connectivity index (χ4n) is 3.30. The number of nitrogens with zero attached hydrogens (tertiary/aromatic N) is 5. The first-order chi connectivity index (χ1) is 20.4. The monoisotopic (exact) mass is 609 g/mol. The molecule has 0 aromatic heterocycles. The number of nitro benzene ring substituents is 4. The van der Waals surface area contributed by atoms with E-state index in [0.29, 0.717) is 0 Å². The van der Waals surface area contributed by atoms with Crippen molar-refractivity contribution in [3.63, 3.8) is 0 Å². The van der Waals surface area contributed by atoms with Gasteiger partial charge >= 0.3 is 7.75 Å². The summed E-state index contributed by atoms with van der Waals surface area (Å²) in [4.78, 5) is 41.6. The Labute approximate surface area is 239 Å². The van der Waals surface area contributed by atoms with E-state index in [0.717, 1.165) is 72.8 Å². The lowest BCUT2D eigenvalue weighted by atomic mass is 10.2. The lowest BCUT2D eigenvalue weighted by molar-refractivity contribution is -0.385. The highest BCUT2D eigenvalue weighted by atomic mass is 31.2. The molecule has 0 atom stereocenters. The third-order valence-corrected chi connectivity index (χ3v) is 6.65. The molecular weight excluding hydrogens is 593 g/mol. The van der Waals surface area contributed by atoms with Crippen molar-refractivity contribution in [1.82, 2.24) is 0 Å². The fraction of sp³-hybridized carbons (Fsp3) is 0. The molecule has 4 rings (SSSR count). The Kier molecular flexibility index (Phi) is 8.67. The molecular formula is C25H16N5O12P. The Balaban J connectivity index is 1.81. The highest BCUT2D eigenvalue weighted by Gasteiger charge is 2.31. The summed E-state index contributed by atoms with van der Waals surface area (Å²) < 4.78 is 35.0. The summed E-state index contributed by atoms with van der Waals surface area (Å²) in [6.07, 6.45) is 0. The third-order valence-electron chi connectivity index (χ3n) is 5.34. The summed E-state index contributed by atoms with van der Waals surface area (Å²) in [6, 6.07) is 18.2. The maximum atomic E-state index is 14.1. The van der Waals surface area contributed by atoms with E-state index in [9.17, 15) is 45.0 Å².